The molecule has 27 heavy (non-hydrogen) atoms. The first-order valence-corrected chi connectivity index (χ1v) is 8.44. The number of rotatable bonds is 0. The summed E-state index contributed by atoms with van der Waals surface area (Å²) in [6.45, 7) is 16.4. The zero-order valence-electron chi connectivity index (χ0n) is 17.7. The average molecular weight is 449 g/mol. The fraction of sp³-hybridized carbons (Fsp3) is 0.455. The third-order valence-electron chi connectivity index (χ3n) is 4.09. The Labute approximate surface area is 192 Å². The number of phenolic OH excluding ortho intramolecular Hbond substituents is 2. The molecular formula is C22H34Cl2O2Ti. The number of hydrogen-bond acceptors (Lipinski definition) is 2. The number of phenols is 2. The second kappa shape index (κ2) is 12.0. The van der Waals surface area contributed by atoms with Gasteiger partial charge in [0.1, 0.15) is 11.5 Å². The third-order valence-corrected chi connectivity index (χ3v) is 4.09. The summed E-state index contributed by atoms with van der Waals surface area (Å²) in [5.74, 6) is 0.870. The largest absolute Gasteiger partial charge is 0.507 e. The van der Waals surface area contributed by atoms with Gasteiger partial charge in [-0.15, -0.1) is 24.8 Å². The van der Waals surface area contributed by atoms with Crippen LogP contribution in [-0.4, -0.2) is 10.2 Å². The number of benzene rings is 2. The molecule has 0 amide bonds. The molecule has 2 aromatic carbocycles. The first-order valence-electron chi connectivity index (χ1n) is 8.44. The van der Waals surface area contributed by atoms with Crippen molar-refractivity contribution < 1.29 is 31.9 Å². The van der Waals surface area contributed by atoms with Crippen LogP contribution in [0, 0.1) is 13.8 Å². The van der Waals surface area contributed by atoms with Crippen LogP contribution in [0.4, 0.5) is 0 Å². The van der Waals surface area contributed by atoms with Crippen molar-refractivity contribution in [3.8, 4) is 11.5 Å². The van der Waals surface area contributed by atoms with Crippen molar-refractivity contribution in [2.45, 2.75) is 66.2 Å². The maximum absolute atomic E-state index is 9.73. The Hall–Kier alpha value is -0.666. The second-order valence-electron chi connectivity index (χ2n) is 8.44. The Balaban J connectivity index is -0.000000384. The first kappa shape index (κ1) is 31.0. The van der Waals surface area contributed by atoms with E-state index >= 15 is 0 Å². The molecule has 0 heterocycles. The molecule has 0 spiro atoms. The van der Waals surface area contributed by atoms with Crippen LogP contribution in [0.3, 0.4) is 0 Å². The molecule has 0 unspecified atom stereocenters. The summed E-state index contributed by atoms with van der Waals surface area (Å²) in [5, 5.41) is 19.5. The summed E-state index contributed by atoms with van der Waals surface area (Å²) in [7, 11) is 0. The van der Waals surface area contributed by atoms with Crippen LogP contribution in [-0.2, 0) is 32.5 Å². The van der Waals surface area contributed by atoms with Gasteiger partial charge in [-0.3, -0.25) is 0 Å². The molecule has 0 aliphatic carbocycles. The maximum Gasteiger partial charge on any atom is 0.122 e. The molecule has 0 bridgehead atoms. The van der Waals surface area contributed by atoms with Crippen molar-refractivity contribution in [2.75, 3.05) is 0 Å². The molecule has 0 saturated heterocycles. The quantitative estimate of drug-likeness (QED) is 0.433. The van der Waals surface area contributed by atoms with Crippen LogP contribution in [0.25, 0.3) is 0 Å². The van der Waals surface area contributed by atoms with Gasteiger partial charge in [0, 0.05) is 21.7 Å². The second-order valence-corrected chi connectivity index (χ2v) is 8.44. The van der Waals surface area contributed by atoms with Gasteiger partial charge in [0.2, 0.25) is 0 Å². The Morgan fingerprint density at radius 2 is 0.852 bits per heavy atom. The van der Waals surface area contributed by atoms with Gasteiger partial charge in [-0.25, -0.2) is 0 Å². The molecular weight excluding hydrogens is 415 g/mol. The van der Waals surface area contributed by atoms with Gasteiger partial charge >= 0.3 is 0 Å². The van der Waals surface area contributed by atoms with Crippen molar-refractivity contribution in [3.05, 3.63) is 58.7 Å². The van der Waals surface area contributed by atoms with E-state index in [1.54, 1.807) is 0 Å². The minimum atomic E-state index is 0. The van der Waals surface area contributed by atoms with Crippen LogP contribution in [0.15, 0.2) is 36.4 Å². The van der Waals surface area contributed by atoms with E-state index in [4.69, 9.17) is 0 Å². The molecule has 0 radical (unpaired) electrons. The summed E-state index contributed by atoms with van der Waals surface area (Å²) in [6, 6.07) is 11.8. The Kier molecular flexibility index (Phi) is 13.8. The maximum atomic E-state index is 9.73. The molecule has 2 N–H and O–H groups in total. The van der Waals surface area contributed by atoms with E-state index in [-0.39, 0.29) is 57.4 Å². The molecule has 5 heteroatoms. The molecule has 0 aliphatic rings. The van der Waals surface area contributed by atoms with Crippen molar-refractivity contribution in [3.63, 3.8) is 0 Å². The van der Waals surface area contributed by atoms with Gasteiger partial charge in [0.15, 0.2) is 0 Å². The molecule has 2 nitrogen and oxygen atoms in total. The van der Waals surface area contributed by atoms with Crippen molar-refractivity contribution in [1.29, 1.82) is 0 Å². The van der Waals surface area contributed by atoms with E-state index in [0.717, 1.165) is 22.3 Å². The van der Waals surface area contributed by atoms with Crippen LogP contribution >= 0.6 is 24.8 Å². The number of aromatic hydroxyl groups is 2. The van der Waals surface area contributed by atoms with Gasteiger partial charge in [-0.1, -0.05) is 77.9 Å². The van der Waals surface area contributed by atoms with Crippen LogP contribution in [0.5, 0.6) is 11.5 Å². The van der Waals surface area contributed by atoms with Crippen LogP contribution < -0.4 is 0 Å². The minimum absolute atomic E-state index is 0. The zero-order valence-corrected chi connectivity index (χ0v) is 20.9. The average Bonchev–Trinajstić information content (AvgIpc) is 2.43. The van der Waals surface area contributed by atoms with Crippen LogP contribution in [0.1, 0.15) is 63.8 Å². The predicted octanol–water partition coefficient (Wildman–Crippen LogP) is 6.84. The Bertz CT molecular complexity index is 641. The summed E-state index contributed by atoms with van der Waals surface area (Å²) < 4.78 is 0. The van der Waals surface area contributed by atoms with Crippen molar-refractivity contribution >= 4 is 24.8 Å². The zero-order chi connectivity index (χ0) is 18.7. The fourth-order valence-electron chi connectivity index (χ4n) is 2.53. The molecule has 2 rings (SSSR count). The fourth-order valence-corrected chi connectivity index (χ4v) is 2.53. The van der Waals surface area contributed by atoms with E-state index in [9.17, 15) is 10.2 Å². The van der Waals surface area contributed by atoms with Gasteiger partial charge < -0.3 is 10.2 Å². The van der Waals surface area contributed by atoms with Crippen molar-refractivity contribution in [2.24, 2.45) is 0 Å². The van der Waals surface area contributed by atoms with Crippen LogP contribution in [0.2, 0.25) is 0 Å². The summed E-state index contributed by atoms with van der Waals surface area (Å²) in [6.07, 6.45) is 0. The van der Waals surface area contributed by atoms with Crippen molar-refractivity contribution in [1.82, 2.24) is 0 Å². The third kappa shape index (κ3) is 8.92. The van der Waals surface area contributed by atoms with Gasteiger partial charge in [0.25, 0.3) is 0 Å². The van der Waals surface area contributed by atoms with E-state index in [1.807, 2.05) is 50.2 Å². The SMILES string of the molecule is Cc1cccc(C(C)(C)C)c1O.Cc1cccc(C(C)(C)C)c1O.Cl.Cl.[Ti]. The smallest absolute Gasteiger partial charge is 0.122 e. The molecule has 0 aliphatic heterocycles. The topological polar surface area (TPSA) is 40.5 Å². The van der Waals surface area contributed by atoms with Gasteiger partial charge in [0.05, 0.1) is 0 Å². The number of aryl methyl sites for hydroxylation is 2. The monoisotopic (exact) mass is 448 g/mol. The first-order chi connectivity index (χ1) is 10.9. The Morgan fingerprint density at radius 1 is 0.593 bits per heavy atom. The van der Waals surface area contributed by atoms with Gasteiger partial charge in [-0.05, 0) is 46.9 Å². The molecule has 152 valence electrons. The van der Waals surface area contributed by atoms with E-state index in [0.29, 0.717) is 11.5 Å². The standard InChI is InChI=1S/2C11H16O.2ClH.Ti/c2*1-8-6-5-7-9(10(8)12)11(2,3)4;;;/h2*5-7,12H,1-4H3;2*1H;. The molecule has 0 saturated carbocycles. The number of halogens is 2. The summed E-state index contributed by atoms with van der Waals surface area (Å²) in [4.78, 5) is 0. The normalized spacial score (nSPS) is 10.4. The van der Waals surface area contributed by atoms with E-state index in [2.05, 4.69) is 41.5 Å². The molecule has 0 aromatic heterocycles. The molecule has 2 aromatic rings. The van der Waals surface area contributed by atoms with E-state index in [1.165, 1.54) is 0 Å². The molecule has 0 atom stereocenters. The summed E-state index contributed by atoms with van der Waals surface area (Å²) in [5.41, 5.74) is 3.97. The number of para-hydroxylation sites is 2. The Morgan fingerprint density at radius 3 is 1.04 bits per heavy atom. The van der Waals surface area contributed by atoms with Gasteiger partial charge in [-0.2, -0.15) is 0 Å². The number of hydrogen-bond donors (Lipinski definition) is 2. The predicted molar refractivity (Wildman–Crippen MR) is 118 cm³/mol. The van der Waals surface area contributed by atoms with E-state index < -0.39 is 0 Å². The molecule has 0 fully saturated rings. The summed E-state index contributed by atoms with van der Waals surface area (Å²) >= 11 is 0. The minimum Gasteiger partial charge on any atom is -0.507 e.